The molecular formula is C11H15BrO5. The molecule has 0 aromatic heterocycles. The Hall–Kier alpha value is -0.880. The van der Waals surface area contributed by atoms with E-state index in [-0.39, 0.29) is 10.1 Å². The first-order chi connectivity index (χ1) is 7.79. The molecule has 1 rings (SSSR count). The van der Waals surface area contributed by atoms with Crippen molar-refractivity contribution in [1.82, 2.24) is 0 Å². The highest BCUT2D eigenvalue weighted by Gasteiger charge is 2.45. The predicted molar refractivity (Wildman–Crippen MR) is 63.1 cm³/mol. The molecule has 17 heavy (non-hydrogen) atoms. The van der Waals surface area contributed by atoms with Crippen LogP contribution >= 0.6 is 15.9 Å². The van der Waals surface area contributed by atoms with Crippen molar-refractivity contribution < 1.29 is 24.2 Å². The topological polar surface area (TPSA) is 72.8 Å². The number of hydrogen-bond donors (Lipinski definition) is 1. The summed E-state index contributed by atoms with van der Waals surface area (Å²) in [5, 5.41) is 9.77. The lowest BCUT2D eigenvalue weighted by Gasteiger charge is -2.16. The van der Waals surface area contributed by atoms with Gasteiger partial charge in [-0.25, -0.2) is 4.79 Å². The zero-order chi connectivity index (χ0) is 13.2. The smallest absolute Gasteiger partial charge is 0.341 e. The van der Waals surface area contributed by atoms with Gasteiger partial charge in [0.25, 0.3) is 0 Å². The lowest BCUT2D eigenvalue weighted by molar-refractivity contribution is -0.174. The van der Waals surface area contributed by atoms with Crippen LogP contribution in [-0.4, -0.2) is 28.9 Å². The Labute approximate surface area is 108 Å². The summed E-state index contributed by atoms with van der Waals surface area (Å²) in [6.45, 7) is 4.53. The Morgan fingerprint density at radius 2 is 2.24 bits per heavy atom. The molecule has 6 heteroatoms. The van der Waals surface area contributed by atoms with E-state index in [9.17, 15) is 14.7 Å². The van der Waals surface area contributed by atoms with Crippen LogP contribution in [0, 0.1) is 0 Å². The minimum atomic E-state index is -1.68. The van der Waals surface area contributed by atoms with Gasteiger partial charge in [-0.2, -0.15) is 0 Å². The van der Waals surface area contributed by atoms with E-state index in [1.54, 1.807) is 0 Å². The van der Waals surface area contributed by atoms with E-state index in [2.05, 4.69) is 15.9 Å². The van der Waals surface area contributed by atoms with Gasteiger partial charge in [-0.05, 0) is 22.4 Å². The minimum Gasteiger partial charge on any atom is -0.457 e. The normalized spacial score (nSPS) is 25.8. The van der Waals surface area contributed by atoms with Crippen LogP contribution in [0.25, 0.3) is 0 Å². The SMILES string of the molecule is CCCC(OC(C)=O)C1=C(Br)C(C)(O)OC1=O. The highest BCUT2D eigenvalue weighted by molar-refractivity contribution is 9.11. The molecule has 1 N–H and O–H groups in total. The maximum Gasteiger partial charge on any atom is 0.341 e. The summed E-state index contributed by atoms with van der Waals surface area (Å²) < 4.78 is 10.1. The minimum absolute atomic E-state index is 0.173. The van der Waals surface area contributed by atoms with E-state index < -0.39 is 23.8 Å². The van der Waals surface area contributed by atoms with Crippen LogP contribution in [0.5, 0.6) is 0 Å². The fourth-order valence-electron chi connectivity index (χ4n) is 1.62. The number of aliphatic hydroxyl groups is 1. The zero-order valence-corrected chi connectivity index (χ0v) is 11.5. The van der Waals surface area contributed by atoms with Crippen LogP contribution in [0.15, 0.2) is 10.1 Å². The van der Waals surface area contributed by atoms with Gasteiger partial charge < -0.3 is 14.6 Å². The van der Waals surface area contributed by atoms with E-state index in [4.69, 9.17) is 9.47 Å². The van der Waals surface area contributed by atoms with Crippen LogP contribution in [0.2, 0.25) is 0 Å². The van der Waals surface area contributed by atoms with Gasteiger partial charge in [0.05, 0.1) is 10.1 Å². The molecule has 0 fully saturated rings. The zero-order valence-electron chi connectivity index (χ0n) is 9.95. The monoisotopic (exact) mass is 306 g/mol. The molecule has 96 valence electrons. The Bertz CT molecular complexity index is 372. The molecule has 5 nitrogen and oxygen atoms in total. The van der Waals surface area contributed by atoms with Gasteiger partial charge in [0, 0.05) is 13.8 Å². The molecule has 0 spiro atoms. The van der Waals surface area contributed by atoms with Gasteiger partial charge in [0.2, 0.25) is 5.79 Å². The standard InChI is InChI=1S/C11H15BrO5/c1-4-5-7(16-6(2)13)8-9(12)11(3,15)17-10(8)14/h7,15H,4-5H2,1-3H3. The third-order valence-corrected chi connectivity index (χ3v) is 3.50. The summed E-state index contributed by atoms with van der Waals surface area (Å²) in [6.07, 6.45) is 0.542. The molecule has 1 heterocycles. The third-order valence-electron chi connectivity index (χ3n) is 2.34. The largest absolute Gasteiger partial charge is 0.457 e. The highest BCUT2D eigenvalue weighted by atomic mass is 79.9. The van der Waals surface area contributed by atoms with E-state index in [0.717, 1.165) is 6.42 Å². The van der Waals surface area contributed by atoms with Crippen LogP contribution in [0.4, 0.5) is 0 Å². The predicted octanol–water partition coefficient (Wildman–Crippen LogP) is 1.63. The summed E-state index contributed by atoms with van der Waals surface area (Å²) in [5.41, 5.74) is 0.173. The molecule has 0 saturated heterocycles. The Morgan fingerprint density at radius 3 is 2.59 bits per heavy atom. The molecule has 2 atom stereocenters. The molecule has 0 aromatic carbocycles. The fraction of sp³-hybridized carbons (Fsp3) is 0.636. The summed E-state index contributed by atoms with van der Waals surface area (Å²) in [6, 6.07) is 0. The van der Waals surface area contributed by atoms with Gasteiger partial charge in [0.1, 0.15) is 6.10 Å². The van der Waals surface area contributed by atoms with Gasteiger partial charge >= 0.3 is 11.9 Å². The van der Waals surface area contributed by atoms with Crippen LogP contribution < -0.4 is 0 Å². The molecule has 2 unspecified atom stereocenters. The van der Waals surface area contributed by atoms with Crippen molar-refractivity contribution >= 4 is 27.9 Å². The van der Waals surface area contributed by atoms with Crippen molar-refractivity contribution in [3.05, 3.63) is 10.1 Å². The van der Waals surface area contributed by atoms with Crippen molar-refractivity contribution in [2.24, 2.45) is 0 Å². The van der Waals surface area contributed by atoms with Crippen LogP contribution in [0.3, 0.4) is 0 Å². The van der Waals surface area contributed by atoms with Crippen LogP contribution in [0.1, 0.15) is 33.6 Å². The maximum atomic E-state index is 11.6. The third kappa shape index (κ3) is 3.07. The Morgan fingerprint density at radius 1 is 1.65 bits per heavy atom. The number of esters is 2. The highest BCUT2D eigenvalue weighted by Crippen LogP contribution is 2.37. The number of halogens is 1. The molecule has 0 aromatic rings. The number of carbonyl (C=O) groups is 2. The average molecular weight is 307 g/mol. The number of ether oxygens (including phenoxy) is 2. The van der Waals surface area contributed by atoms with E-state index in [0.29, 0.717) is 6.42 Å². The summed E-state index contributed by atoms with van der Waals surface area (Å²) in [7, 11) is 0. The van der Waals surface area contributed by atoms with Crippen molar-refractivity contribution in [2.75, 3.05) is 0 Å². The molecule has 0 aliphatic carbocycles. The summed E-state index contributed by atoms with van der Waals surface area (Å²) in [5.74, 6) is -2.82. The first-order valence-corrected chi connectivity index (χ1v) is 6.12. The molecule has 1 aliphatic heterocycles. The van der Waals surface area contributed by atoms with E-state index in [1.807, 2.05) is 6.92 Å². The molecular weight excluding hydrogens is 292 g/mol. The summed E-state index contributed by atoms with van der Waals surface area (Å²) >= 11 is 3.12. The maximum absolute atomic E-state index is 11.6. The van der Waals surface area contributed by atoms with E-state index in [1.165, 1.54) is 13.8 Å². The van der Waals surface area contributed by atoms with Crippen molar-refractivity contribution in [1.29, 1.82) is 0 Å². The first kappa shape index (κ1) is 14.2. The van der Waals surface area contributed by atoms with Crippen molar-refractivity contribution in [2.45, 2.75) is 45.5 Å². The number of carbonyl (C=O) groups excluding carboxylic acids is 2. The number of hydrogen-bond acceptors (Lipinski definition) is 5. The average Bonchev–Trinajstić information content (AvgIpc) is 2.35. The molecule has 1 aliphatic rings. The van der Waals surface area contributed by atoms with E-state index >= 15 is 0 Å². The molecule has 0 bridgehead atoms. The van der Waals surface area contributed by atoms with Crippen molar-refractivity contribution in [3.8, 4) is 0 Å². The second kappa shape index (κ2) is 5.18. The quantitative estimate of drug-likeness (QED) is 0.799. The first-order valence-electron chi connectivity index (χ1n) is 5.32. The second-order valence-corrected chi connectivity index (χ2v) is 4.78. The van der Waals surface area contributed by atoms with Gasteiger partial charge in [0.15, 0.2) is 0 Å². The van der Waals surface area contributed by atoms with Crippen molar-refractivity contribution in [3.63, 3.8) is 0 Å². The van der Waals surface area contributed by atoms with Gasteiger partial charge in [-0.15, -0.1) is 0 Å². The number of rotatable bonds is 4. The molecule has 0 amide bonds. The molecule has 0 saturated carbocycles. The van der Waals surface area contributed by atoms with Gasteiger partial charge in [-0.3, -0.25) is 4.79 Å². The lowest BCUT2D eigenvalue weighted by Crippen LogP contribution is -2.24. The summed E-state index contributed by atoms with van der Waals surface area (Å²) in [4.78, 5) is 22.6. The lowest BCUT2D eigenvalue weighted by atomic mass is 10.0. The Balaban J connectivity index is 3.04. The fourth-order valence-corrected chi connectivity index (χ4v) is 2.12. The van der Waals surface area contributed by atoms with Gasteiger partial charge in [-0.1, -0.05) is 13.3 Å². The second-order valence-electron chi connectivity index (χ2n) is 3.99. The molecule has 0 radical (unpaired) electrons. The Kier molecular flexibility index (Phi) is 4.32. The number of cyclic esters (lactones) is 1. The van der Waals surface area contributed by atoms with Crippen LogP contribution in [-0.2, 0) is 19.1 Å².